The maximum absolute atomic E-state index is 12.7. The SMILES string of the molecule is CCCCCCCCCCCCCCC(=O)O[C@H](COC(=O)C/C=C\C[C@H]1[C@@H](/C=C/[C@H](O)CCCCC)[C@H](O)C[C@@H]1O)COP(=O)(O)OCC[N+](C)(C)C. The van der Waals surface area contributed by atoms with Gasteiger partial charge in [-0.3, -0.25) is 18.6 Å². The van der Waals surface area contributed by atoms with Gasteiger partial charge in [0.2, 0.25) is 0 Å². The van der Waals surface area contributed by atoms with E-state index in [4.69, 9.17) is 18.5 Å². The maximum atomic E-state index is 12.7. The Kier molecular flexibility index (Phi) is 27.6. The van der Waals surface area contributed by atoms with Gasteiger partial charge in [0, 0.05) is 18.8 Å². The van der Waals surface area contributed by atoms with Crippen LogP contribution in [-0.2, 0) is 32.7 Å². The lowest BCUT2D eigenvalue weighted by Crippen LogP contribution is -2.37. The fourth-order valence-electron chi connectivity index (χ4n) is 6.46. The molecule has 0 aromatic heterocycles. The summed E-state index contributed by atoms with van der Waals surface area (Å²) in [6.07, 6.45) is 22.2. The number of hydrogen-bond acceptors (Lipinski definition) is 10. The molecule has 1 fully saturated rings. The van der Waals surface area contributed by atoms with Crippen LogP contribution in [0.5, 0.6) is 0 Å². The van der Waals surface area contributed by atoms with Gasteiger partial charge in [0.15, 0.2) is 6.10 Å². The number of carbonyl (C=O) groups is 2. The Labute approximate surface area is 326 Å². The van der Waals surface area contributed by atoms with Crippen LogP contribution in [0, 0.1) is 11.8 Å². The number of carbonyl (C=O) groups excluding carboxylic acids is 2. The van der Waals surface area contributed by atoms with Crippen molar-refractivity contribution in [2.75, 3.05) is 47.5 Å². The Balaban J connectivity index is 2.60. The van der Waals surface area contributed by atoms with Crippen molar-refractivity contribution in [3.05, 3.63) is 24.3 Å². The molecule has 0 aliphatic heterocycles. The molecule has 0 bridgehead atoms. The minimum absolute atomic E-state index is 0.0170. The van der Waals surface area contributed by atoms with Crippen LogP contribution in [0.15, 0.2) is 24.3 Å². The van der Waals surface area contributed by atoms with Crippen LogP contribution in [0.3, 0.4) is 0 Å². The van der Waals surface area contributed by atoms with Gasteiger partial charge in [0.25, 0.3) is 0 Å². The first-order valence-electron chi connectivity index (χ1n) is 20.8. The molecule has 1 aliphatic rings. The lowest BCUT2D eigenvalue weighted by atomic mass is 9.89. The van der Waals surface area contributed by atoms with E-state index in [2.05, 4.69) is 13.8 Å². The van der Waals surface area contributed by atoms with Crippen molar-refractivity contribution in [1.82, 2.24) is 0 Å². The molecule has 0 spiro atoms. The summed E-state index contributed by atoms with van der Waals surface area (Å²) in [5.74, 6) is -1.68. The predicted molar refractivity (Wildman–Crippen MR) is 212 cm³/mol. The molecule has 1 saturated carbocycles. The number of aliphatic hydroxyl groups is 3. The van der Waals surface area contributed by atoms with Gasteiger partial charge in [-0.25, -0.2) is 4.57 Å². The summed E-state index contributed by atoms with van der Waals surface area (Å²) in [5, 5.41) is 31.3. The van der Waals surface area contributed by atoms with Crippen LogP contribution in [-0.4, -0.2) is 109 Å². The van der Waals surface area contributed by atoms with E-state index in [1.54, 1.807) is 24.3 Å². The fraction of sp³-hybridized carbons (Fsp3) is 0.854. The highest BCUT2D eigenvalue weighted by molar-refractivity contribution is 7.47. The Morgan fingerprint density at radius 2 is 1.39 bits per heavy atom. The van der Waals surface area contributed by atoms with Crippen LogP contribution in [0.25, 0.3) is 0 Å². The predicted octanol–water partition coefficient (Wildman–Crippen LogP) is 7.56. The van der Waals surface area contributed by atoms with Gasteiger partial charge in [0.05, 0.1) is 52.5 Å². The average Bonchev–Trinajstić information content (AvgIpc) is 3.37. The number of ether oxygens (including phenoxy) is 2. The van der Waals surface area contributed by atoms with Crippen LogP contribution in [0.1, 0.15) is 142 Å². The third-order valence-corrected chi connectivity index (χ3v) is 10.8. The summed E-state index contributed by atoms with van der Waals surface area (Å²) < 4.78 is 34.1. The minimum atomic E-state index is -4.45. The first-order valence-corrected chi connectivity index (χ1v) is 22.3. The molecule has 7 atom stereocenters. The van der Waals surface area contributed by atoms with E-state index in [1.807, 2.05) is 21.1 Å². The Morgan fingerprint density at radius 1 is 0.796 bits per heavy atom. The number of quaternary nitrogens is 1. The van der Waals surface area contributed by atoms with Crippen molar-refractivity contribution < 1.29 is 57.4 Å². The van der Waals surface area contributed by atoms with Gasteiger partial charge in [0.1, 0.15) is 19.8 Å². The second-order valence-corrected chi connectivity index (χ2v) is 17.5. The van der Waals surface area contributed by atoms with Gasteiger partial charge >= 0.3 is 19.8 Å². The minimum Gasteiger partial charge on any atom is -0.461 e. The molecule has 0 radical (unpaired) electrons. The molecule has 1 unspecified atom stereocenters. The highest BCUT2D eigenvalue weighted by atomic mass is 31.2. The number of nitrogens with zero attached hydrogens (tertiary/aromatic N) is 1. The Hall–Kier alpha value is -1.63. The number of aliphatic hydroxyl groups excluding tert-OH is 3. The van der Waals surface area contributed by atoms with E-state index in [0.717, 1.165) is 38.5 Å². The molecule has 0 heterocycles. The second kappa shape index (κ2) is 29.6. The summed E-state index contributed by atoms with van der Waals surface area (Å²) >= 11 is 0. The molecule has 0 amide bonds. The number of unbranched alkanes of at least 4 members (excludes halogenated alkanes) is 13. The maximum Gasteiger partial charge on any atom is 0.472 e. The van der Waals surface area contributed by atoms with E-state index in [9.17, 15) is 34.4 Å². The molecule has 316 valence electrons. The van der Waals surface area contributed by atoms with Crippen molar-refractivity contribution in [2.45, 2.75) is 167 Å². The molecule has 0 saturated heterocycles. The van der Waals surface area contributed by atoms with Crippen molar-refractivity contribution in [2.24, 2.45) is 11.8 Å². The van der Waals surface area contributed by atoms with Gasteiger partial charge in [-0.2, -0.15) is 0 Å². The normalized spacial score (nSPS) is 21.4. The third-order valence-electron chi connectivity index (χ3n) is 9.84. The van der Waals surface area contributed by atoms with E-state index < -0.39 is 50.8 Å². The first kappa shape index (κ1) is 50.4. The van der Waals surface area contributed by atoms with Crippen molar-refractivity contribution in [3.63, 3.8) is 0 Å². The molecule has 12 nitrogen and oxygen atoms in total. The quantitative estimate of drug-likeness (QED) is 0.0170. The number of rotatable bonds is 33. The van der Waals surface area contributed by atoms with E-state index in [-0.39, 0.29) is 44.3 Å². The summed E-state index contributed by atoms with van der Waals surface area (Å²) in [6.45, 7) is 3.93. The van der Waals surface area contributed by atoms with E-state index in [0.29, 0.717) is 30.3 Å². The largest absolute Gasteiger partial charge is 0.472 e. The summed E-state index contributed by atoms with van der Waals surface area (Å²) in [5.41, 5.74) is 0. The van der Waals surface area contributed by atoms with Gasteiger partial charge in [-0.05, 0) is 25.2 Å². The molecular weight excluding hydrogens is 713 g/mol. The molecule has 1 aliphatic carbocycles. The highest BCUT2D eigenvalue weighted by Gasteiger charge is 2.39. The zero-order chi connectivity index (χ0) is 40.2. The third kappa shape index (κ3) is 26.3. The van der Waals surface area contributed by atoms with Gasteiger partial charge in [-0.1, -0.05) is 128 Å². The molecule has 13 heteroatoms. The molecule has 4 N–H and O–H groups in total. The molecular formula is C41H77NO11P+. The number of phosphoric ester groups is 1. The number of hydrogen-bond donors (Lipinski definition) is 4. The Bertz CT molecular complexity index is 1100. The summed E-state index contributed by atoms with van der Waals surface area (Å²) in [6, 6.07) is 0. The first-order chi connectivity index (χ1) is 25.7. The standard InChI is InChI=1S/C41H76NO11P/c1-6-8-10-11-12-13-14-15-16-17-18-20-26-41(47)53-35(33-52-54(48,49)51-30-29-42(3,4)5)32-50-40(46)25-22-21-24-36-37(39(45)31-38(36)44)28-27-34(43)23-19-9-7-2/h21-22,27-28,34-39,43-45H,6-20,23-26,29-33H2,1-5H3/p+1/b22-21-,28-27+/t34-,35-,36+,37-,38+,39-/m1/s1. The van der Waals surface area contributed by atoms with Crippen LogP contribution in [0.2, 0.25) is 0 Å². The van der Waals surface area contributed by atoms with Crippen molar-refractivity contribution in [1.29, 1.82) is 0 Å². The topological polar surface area (TPSA) is 169 Å². The van der Waals surface area contributed by atoms with Crippen molar-refractivity contribution >= 4 is 19.8 Å². The lowest BCUT2D eigenvalue weighted by molar-refractivity contribution is -0.870. The van der Waals surface area contributed by atoms with E-state index >= 15 is 0 Å². The number of esters is 2. The van der Waals surface area contributed by atoms with Crippen LogP contribution < -0.4 is 0 Å². The van der Waals surface area contributed by atoms with Crippen LogP contribution in [0.4, 0.5) is 0 Å². The van der Waals surface area contributed by atoms with Gasteiger partial charge in [-0.15, -0.1) is 0 Å². The molecule has 54 heavy (non-hydrogen) atoms. The monoisotopic (exact) mass is 791 g/mol. The van der Waals surface area contributed by atoms with Crippen molar-refractivity contribution in [3.8, 4) is 0 Å². The summed E-state index contributed by atoms with van der Waals surface area (Å²) in [4.78, 5) is 35.5. The average molecular weight is 791 g/mol. The number of likely N-dealkylation sites (N-methyl/N-ethyl adjacent to an activating group) is 1. The summed E-state index contributed by atoms with van der Waals surface area (Å²) in [7, 11) is 1.31. The fourth-order valence-corrected chi connectivity index (χ4v) is 7.20. The zero-order valence-electron chi connectivity index (χ0n) is 34.3. The zero-order valence-corrected chi connectivity index (χ0v) is 35.2. The smallest absolute Gasteiger partial charge is 0.461 e. The van der Waals surface area contributed by atoms with E-state index in [1.165, 1.54) is 51.4 Å². The second-order valence-electron chi connectivity index (χ2n) is 16.0. The number of allylic oxidation sites excluding steroid dienone is 1. The van der Waals surface area contributed by atoms with Crippen LogP contribution >= 0.6 is 7.82 Å². The van der Waals surface area contributed by atoms with Gasteiger partial charge < -0.3 is 34.2 Å². The Morgan fingerprint density at radius 3 is 2.00 bits per heavy atom. The molecule has 0 aromatic rings. The molecule has 1 rings (SSSR count). The molecule has 0 aromatic carbocycles. The number of phosphoric acid groups is 1. The highest BCUT2D eigenvalue weighted by Crippen LogP contribution is 2.43. The lowest BCUT2D eigenvalue weighted by Gasteiger charge is -2.24.